The molecule has 0 atom stereocenters. The van der Waals surface area contributed by atoms with E-state index in [0.29, 0.717) is 5.56 Å². The molecular formula is C28H29Cl2NO7S. The average molecular weight is 595 g/mol. The van der Waals surface area contributed by atoms with Gasteiger partial charge in [-0.05, 0) is 40.1 Å². The largest absolute Gasteiger partial charge is 0.512 e. The topological polar surface area (TPSA) is 123 Å². The van der Waals surface area contributed by atoms with Gasteiger partial charge in [-0.25, -0.2) is 4.79 Å². The van der Waals surface area contributed by atoms with Crippen LogP contribution >= 0.6 is 34.7 Å². The SMILES string of the molecule is COc1ccc(C(C2=C(O)CC(C)(C)CC2=O)C2=C(O)CC(C)(C)CC2=O)cc1OC(=O)c1nsc(Cl)c1Cl. The summed E-state index contributed by atoms with van der Waals surface area (Å²) in [6.45, 7) is 7.49. The summed E-state index contributed by atoms with van der Waals surface area (Å²) in [5.41, 5.74) is -0.685. The highest BCUT2D eigenvalue weighted by atomic mass is 35.5. The molecule has 11 heteroatoms. The molecule has 4 rings (SSSR count). The summed E-state index contributed by atoms with van der Waals surface area (Å²) in [4.78, 5) is 39.8. The highest BCUT2D eigenvalue weighted by Crippen LogP contribution is 2.49. The number of benzene rings is 1. The molecule has 0 bridgehead atoms. The summed E-state index contributed by atoms with van der Waals surface area (Å²) in [6, 6.07) is 4.57. The maximum Gasteiger partial charge on any atom is 0.365 e. The first-order valence-corrected chi connectivity index (χ1v) is 13.8. The lowest BCUT2D eigenvalue weighted by Gasteiger charge is -2.36. The summed E-state index contributed by atoms with van der Waals surface area (Å²) < 4.78 is 15.0. The summed E-state index contributed by atoms with van der Waals surface area (Å²) in [7, 11) is 1.39. The number of esters is 1. The molecule has 0 radical (unpaired) electrons. The van der Waals surface area contributed by atoms with Gasteiger partial charge in [0.15, 0.2) is 28.8 Å². The van der Waals surface area contributed by atoms with E-state index in [0.717, 1.165) is 11.5 Å². The van der Waals surface area contributed by atoms with E-state index < -0.39 is 22.7 Å². The van der Waals surface area contributed by atoms with Gasteiger partial charge in [0.2, 0.25) is 0 Å². The van der Waals surface area contributed by atoms with Crippen LogP contribution in [0.25, 0.3) is 0 Å². The molecule has 1 aromatic carbocycles. The minimum absolute atomic E-state index is 0.0301. The number of carbonyl (C=O) groups is 3. The molecule has 1 heterocycles. The number of rotatable bonds is 6. The summed E-state index contributed by atoms with van der Waals surface area (Å²) in [6.07, 6.45) is 0.744. The van der Waals surface area contributed by atoms with Gasteiger partial charge in [0.1, 0.15) is 20.9 Å². The van der Waals surface area contributed by atoms with Crippen LogP contribution in [0.2, 0.25) is 9.36 Å². The third kappa shape index (κ3) is 5.85. The third-order valence-electron chi connectivity index (χ3n) is 6.88. The number of ketones is 2. The van der Waals surface area contributed by atoms with E-state index in [2.05, 4.69) is 4.37 Å². The molecule has 0 saturated carbocycles. The van der Waals surface area contributed by atoms with Gasteiger partial charge in [0, 0.05) is 42.7 Å². The Balaban J connectivity index is 1.88. The van der Waals surface area contributed by atoms with E-state index in [1.807, 2.05) is 27.7 Å². The first kappa shape index (κ1) is 29.1. The molecule has 0 fully saturated rings. The number of hydrogen-bond acceptors (Lipinski definition) is 9. The van der Waals surface area contributed by atoms with Crippen molar-refractivity contribution in [3.63, 3.8) is 0 Å². The van der Waals surface area contributed by atoms with Crippen molar-refractivity contribution in [3.8, 4) is 11.5 Å². The maximum atomic E-state index is 13.5. The molecule has 1 aromatic heterocycles. The van der Waals surface area contributed by atoms with Crippen LogP contribution in [0.5, 0.6) is 11.5 Å². The van der Waals surface area contributed by atoms with Gasteiger partial charge < -0.3 is 19.7 Å². The second kappa shape index (κ2) is 10.6. The normalized spacial score (nSPS) is 19.1. The quantitative estimate of drug-likeness (QED) is 0.267. The van der Waals surface area contributed by atoms with Crippen molar-refractivity contribution in [1.29, 1.82) is 0 Å². The van der Waals surface area contributed by atoms with Crippen molar-refractivity contribution in [2.24, 2.45) is 10.8 Å². The molecule has 2 aromatic rings. The number of aliphatic hydroxyl groups excluding tert-OH is 2. The average Bonchev–Trinajstić information content (AvgIpc) is 3.13. The zero-order valence-corrected chi connectivity index (χ0v) is 24.5. The molecule has 39 heavy (non-hydrogen) atoms. The zero-order chi connectivity index (χ0) is 28.9. The number of methoxy groups -OCH3 is 1. The van der Waals surface area contributed by atoms with E-state index in [1.54, 1.807) is 6.07 Å². The van der Waals surface area contributed by atoms with E-state index in [-0.39, 0.29) is 86.5 Å². The van der Waals surface area contributed by atoms with E-state index in [1.165, 1.54) is 19.2 Å². The summed E-state index contributed by atoms with van der Waals surface area (Å²) in [5.74, 6) is -2.75. The Labute approximate surface area is 240 Å². The smallest absolute Gasteiger partial charge is 0.365 e. The van der Waals surface area contributed by atoms with Gasteiger partial charge in [-0.2, -0.15) is 4.37 Å². The highest BCUT2D eigenvalue weighted by Gasteiger charge is 2.44. The lowest BCUT2D eigenvalue weighted by molar-refractivity contribution is -0.119. The Morgan fingerprint density at radius 1 is 0.949 bits per heavy atom. The van der Waals surface area contributed by atoms with Gasteiger partial charge >= 0.3 is 5.97 Å². The Kier molecular flexibility index (Phi) is 7.91. The fourth-order valence-electron chi connectivity index (χ4n) is 5.22. The Hall–Kier alpha value is -2.88. The molecule has 0 unspecified atom stereocenters. The fourth-order valence-corrected chi connectivity index (χ4v) is 6.20. The van der Waals surface area contributed by atoms with Gasteiger partial charge in [0.25, 0.3) is 0 Å². The van der Waals surface area contributed by atoms with Crippen LogP contribution in [0.15, 0.2) is 40.9 Å². The van der Waals surface area contributed by atoms with Crippen molar-refractivity contribution in [1.82, 2.24) is 4.37 Å². The van der Waals surface area contributed by atoms with Gasteiger partial charge in [-0.3, -0.25) is 9.59 Å². The molecule has 2 aliphatic rings. The lowest BCUT2D eigenvalue weighted by atomic mass is 9.67. The van der Waals surface area contributed by atoms with E-state index in [9.17, 15) is 24.6 Å². The van der Waals surface area contributed by atoms with Crippen LogP contribution in [0.1, 0.15) is 75.3 Å². The number of Topliss-reactive ketones (excluding diaryl/α,β-unsaturated/α-hetero) is 2. The van der Waals surface area contributed by atoms with Crippen LogP contribution in [-0.2, 0) is 9.59 Å². The van der Waals surface area contributed by atoms with Crippen LogP contribution < -0.4 is 9.47 Å². The Morgan fingerprint density at radius 3 is 1.92 bits per heavy atom. The van der Waals surface area contributed by atoms with Crippen LogP contribution in [0.3, 0.4) is 0 Å². The predicted molar refractivity (Wildman–Crippen MR) is 148 cm³/mol. The second-order valence-electron chi connectivity index (χ2n) is 11.5. The standard InChI is InChI=1S/C28H29Cl2NO7S/c1-27(2)9-14(32)21(15(33)10-27)20(22-16(34)11-28(3,4)12-17(22)35)13-6-7-18(37-5)19(8-13)38-26(36)24-23(29)25(30)39-31-24/h6-8,20,32,34H,9-12H2,1-5H3. The number of hydrogen-bond donors (Lipinski definition) is 2. The first-order chi connectivity index (χ1) is 18.1. The maximum absolute atomic E-state index is 13.5. The molecule has 0 amide bonds. The lowest BCUT2D eigenvalue weighted by Crippen LogP contribution is -2.33. The third-order valence-corrected chi connectivity index (χ3v) is 8.50. The van der Waals surface area contributed by atoms with Crippen LogP contribution in [0.4, 0.5) is 0 Å². The van der Waals surface area contributed by atoms with E-state index >= 15 is 0 Å². The van der Waals surface area contributed by atoms with Crippen molar-refractivity contribution in [2.75, 3.05) is 7.11 Å². The van der Waals surface area contributed by atoms with Crippen LogP contribution in [0, 0.1) is 10.8 Å². The minimum atomic E-state index is -1.09. The number of carbonyl (C=O) groups excluding carboxylic acids is 3. The van der Waals surface area contributed by atoms with Crippen LogP contribution in [-0.4, -0.2) is 39.2 Å². The molecule has 0 spiro atoms. The van der Waals surface area contributed by atoms with Crippen molar-refractivity contribution in [2.45, 2.75) is 59.3 Å². The number of aliphatic hydroxyl groups is 2. The number of halogens is 2. The molecular weight excluding hydrogens is 565 g/mol. The Bertz CT molecular complexity index is 1390. The zero-order valence-electron chi connectivity index (χ0n) is 22.2. The fraction of sp³-hybridized carbons (Fsp3) is 0.429. The predicted octanol–water partition coefficient (Wildman–Crippen LogP) is 7.16. The monoisotopic (exact) mass is 593 g/mol. The first-order valence-electron chi connectivity index (χ1n) is 12.3. The summed E-state index contributed by atoms with van der Waals surface area (Å²) in [5, 5.41) is 22.2. The summed E-state index contributed by atoms with van der Waals surface area (Å²) >= 11 is 12.9. The second-order valence-corrected chi connectivity index (χ2v) is 13.2. The van der Waals surface area contributed by atoms with Gasteiger partial charge in [-0.15, -0.1) is 0 Å². The number of ether oxygens (including phenoxy) is 2. The molecule has 0 saturated heterocycles. The Morgan fingerprint density at radius 2 is 1.49 bits per heavy atom. The number of aromatic nitrogens is 1. The highest BCUT2D eigenvalue weighted by molar-refractivity contribution is 7.11. The molecule has 2 N–H and O–H groups in total. The molecule has 2 aliphatic carbocycles. The number of allylic oxidation sites excluding steroid dienone is 4. The minimum Gasteiger partial charge on any atom is -0.512 e. The van der Waals surface area contributed by atoms with Crippen molar-refractivity contribution < 1.29 is 34.1 Å². The van der Waals surface area contributed by atoms with Gasteiger partial charge in [0.05, 0.1) is 7.11 Å². The molecule has 0 aliphatic heterocycles. The number of nitrogens with zero attached hydrogens (tertiary/aromatic N) is 1. The molecule has 8 nitrogen and oxygen atoms in total. The van der Waals surface area contributed by atoms with Crippen molar-refractivity contribution >= 4 is 52.3 Å². The molecule has 208 valence electrons. The van der Waals surface area contributed by atoms with Gasteiger partial charge in [-0.1, -0.05) is 57.0 Å². The van der Waals surface area contributed by atoms with Crippen molar-refractivity contribution in [3.05, 3.63) is 61.5 Å². The van der Waals surface area contributed by atoms with E-state index in [4.69, 9.17) is 32.7 Å².